The van der Waals surface area contributed by atoms with E-state index in [9.17, 15) is 0 Å². The van der Waals surface area contributed by atoms with Gasteiger partial charge in [-0.25, -0.2) is 9.97 Å². The molecule has 1 saturated heterocycles. The van der Waals surface area contributed by atoms with Crippen LogP contribution in [0.5, 0.6) is 0 Å². The molecule has 2 heterocycles. The van der Waals surface area contributed by atoms with Crippen molar-refractivity contribution in [2.45, 2.75) is 26.7 Å². The van der Waals surface area contributed by atoms with Crippen LogP contribution >= 0.6 is 0 Å². The standard InChI is InChI=1S/C19H29N5/c1-3-23-12-10-15(13-23)14-24(4-2)19-16-7-5-6-8-17(16)21-18(22-19)9-11-20/h5-8,15H,3-4,9-14,20H2,1-2H3/t15-/m0/s1. The van der Waals surface area contributed by atoms with Gasteiger partial charge in [-0.1, -0.05) is 19.1 Å². The van der Waals surface area contributed by atoms with Crippen LogP contribution in [0, 0.1) is 5.92 Å². The van der Waals surface area contributed by atoms with E-state index in [-0.39, 0.29) is 0 Å². The third-order valence-corrected chi connectivity index (χ3v) is 4.97. The van der Waals surface area contributed by atoms with E-state index >= 15 is 0 Å². The largest absolute Gasteiger partial charge is 0.356 e. The average molecular weight is 327 g/mol. The molecule has 0 aliphatic carbocycles. The van der Waals surface area contributed by atoms with Crippen molar-refractivity contribution in [2.75, 3.05) is 44.2 Å². The molecule has 130 valence electrons. The highest BCUT2D eigenvalue weighted by molar-refractivity contribution is 5.89. The number of nitrogens with two attached hydrogens (primary N) is 1. The first-order chi connectivity index (χ1) is 11.7. The zero-order valence-corrected chi connectivity index (χ0v) is 14.9. The Bertz CT molecular complexity index is 672. The summed E-state index contributed by atoms with van der Waals surface area (Å²) >= 11 is 0. The number of nitrogens with zero attached hydrogens (tertiary/aromatic N) is 4. The van der Waals surface area contributed by atoms with Crippen LogP contribution in [-0.2, 0) is 6.42 Å². The predicted octanol–water partition coefficient (Wildman–Crippen LogP) is 2.30. The van der Waals surface area contributed by atoms with Crippen molar-refractivity contribution in [2.24, 2.45) is 11.7 Å². The van der Waals surface area contributed by atoms with Crippen molar-refractivity contribution in [1.29, 1.82) is 0 Å². The molecule has 0 unspecified atom stereocenters. The third kappa shape index (κ3) is 3.68. The van der Waals surface area contributed by atoms with Gasteiger partial charge >= 0.3 is 0 Å². The number of likely N-dealkylation sites (tertiary alicyclic amines) is 1. The van der Waals surface area contributed by atoms with E-state index in [2.05, 4.69) is 46.8 Å². The SMILES string of the molecule is CCN1CC[C@H](CN(CC)c2nc(CCN)nc3ccccc23)C1. The number of benzene rings is 1. The molecule has 1 aromatic heterocycles. The Kier molecular flexibility index (Phi) is 5.63. The molecule has 2 aromatic rings. The molecule has 1 aromatic carbocycles. The van der Waals surface area contributed by atoms with Crippen LogP contribution in [0.2, 0.25) is 0 Å². The fourth-order valence-corrected chi connectivity index (χ4v) is 3.61. The van der Waals surface area contributed by atoms with Crippen molar-refractivity contribution in [3.8, 4) is 0 Å². The maximum atomic E-state index is 5.73. The molecule has 3 rings (SSSR count). The molecule has 5 heteroatoms. The first-order valence-corrected chi connectivity index (χ1v) is 9.18. The number of aromatic nitrogens is 2. The highest BCUT2D eigenvalue weighted by Crippen LogP contribution is 2.26. The predicted molar refractivity (Wildman–Crippen MR) is 100 cm³/mol. The highest BCUT2D eigenvalue weighted by atomic mass is 15.2. The van der Waals surface area contributed by atoms with Crippen LogP contribution in [0.15, 0.2) is 24.3 Å². The number of fused-ring (bicyclic) bond motifs is 1. The van der Waals surface area contributed by atoms with Crippen molar-refractivity contribution in [3.05, 3.63) is 30.1 Å². The van der Waals surface area contributed by atoms with Gasteiger partial charge in [0.1, 0.15) is 11.6 Å². The number of anilines is 1. The van der Waals surface area contributed by atoms with Gasteiger partial charge in [0, 0.05) is 31.4 Å². The van der Waals surface area contributed by atoms with Crippen molar-refractivity contribution >= 4 is 16.7 Å². The lowest BCUT2D eigenvalue weighted by molar-refractivity contribution is 0.342. The zero-order chi connectivity index (χ0) is 16.9. The number of hydrogen-bond acceptors (Lipinski definition) is 5. The van der Waals surface area contributed by atoms with Crippen LogP contribution in [0.25, 0.3) is 10.9 Å². The van der Waals surface area contributed by atoms with Gasteiger partial charge in [0.25, 0.3) is 0 Å². The first-order valence-electron chi connectivity index (χ1n) is 9.18. The van der Waals surface area contributed by atoms with E-state index in [1.54, 1.807) is 0 Å². The summed E-state index contributed by atoms with van der Waals surface area (Å²) in [5.74, 6) is 2.64. The van der Waals surface area contributed by atoms with Gasteiger partial charge in [0.2, 0.25) is 0 Å². The van der Waals surface area contributed by atoms with Crippen LogP contribution in [-0.4, -0.2) is 54.1 Å². The fraction of sp³-hybridized carbons (Fsp3) is 0.579. The number of rotatable bonds is 7. The lowest BCUT2D eigenvalue weighted by Gasteiger charge is -2.27. The van der Waals surface area contributed by atoms with Gasteiger partial charge in [0.15, 0.2) is 0 Å². The second kappa shape index (κ2) is 7.90. The van der Waals surface area contributed by atoms with Crippen LogP contribution < -0.4 is 10.6 Å². The molecular weight excluding hydrogens is 298 g/mol. The molecule has 24 heavy (non-hydrogen) atoms. The Hall–Kier alpha value is -1.72. The van der Waals surface area contributed by atoms with Gasteiger partial charge in [-0.15, -0.1) is 0 Å². The quantitative estimate of drug-likeness (QED) is 0.845. The average Bonchev–Trinajstić information content (AvgIpc) is 3.07. The Morgan fingerprint density at radius 3 is 2.79 bits per heavy atom. The Labute approximate surface area is 144 Å². The van der Waals surface area contributed by atoms with Crippen LogP contribution in [0.3, 0.4) is 0 Å². The number of para-hydroxylation sites is 1. The van der Waals surface area contributed by atoms with Gasteiger partial charge in [-0.3, -0.25) is 0 Å². The summed E-state index contributed by atoms with van der Waals surface area (Å²) in [7, 11) is 0. The molecule has 2 N–H and O–H groups in total. The molecule has 0 saturated carbocycles. The maximum absolute atomic E-state index is 5.73. The van der Waals surface area contributed by atoms with Gasteiger partial charge < -0.3 is 15.5 Å². The van der Waals surface area contributed by atoms with E-state index < -0.39 is 0 Å². The minimum Gasteiger partial charge on any atom is -0.356 e. The summed E-state index contributed by atoms with van der Waals surface area (Å²) in [6.07, 6.45) is 2.01. The smallest absolute Gasteiger partial charge is 0.140 e. The summed E-state index contributed by atoms with van der Waals surface area (Å²) < 4.78 is 0. The topological polar surface area (TPSA) is 58.3 Å². The fourth-order valence-electron chi connectivity index (χ4n) is 3.61. The lowest BCUT2D eigenvalue weighted by Crippen LogP contribution is -2.32. The van der Waals surface area contributed by atoms with Gasteiger partial charge in [-0.05, 0) is 51.0 Å². The summed E-state index contributed by atoms with van der Waals surface area (Å²) in [6, 6.07) is 8.31. The molecule has 0 spiro atoms. The first kappa shape index (κ1) is 17.1. The molecule has 0 bridgehead atoms. The third-order valence-electron chi connectivity index (χ3n) is 4.97. The lowest BCUT2D eigenvalue weighted by atomic mass is 10.1. The number of hydrogen-bond donors (Lipinski definition) is 1. The molecule has 0 radical (unpaired) electrons. The van der Waals surface area contributed by atoms with Gasteiger partial charge in [-0.2, -0.15) is 0 Å². The van der Waals surface area contributed by atoms with Crippen molar-refractivity contribution in [1.82, 2.24) is 14.9 Å². The summed E-state index contributed by atoms with van der Waals surface area (Å²) in [5, 5.41) is 1.14. The second-order valence-corrected chi connectivity index (χ2v) is 6.61. The summed E-state index contributed by atoms with van der Waals surface area (Å²) in [5.41, 5.74) is 6.75. The van der Waals surface area contributed by atoms with Crippen LogP contribution in [0.4, 0.5) is 5.82 Å². The second-order valence-electron chi connectivity index (χ2n) is 6.61. The molecule has 5 nitrogen and oxygen atoms in total. The van der Waals surface area contributed by atoms with Crippen LogP contribution in [0.1, 0.15) is 26.1 Å². The Balaban J connectivity index is 1.89. The monoisotopic (exact) mass is 327 g/mol. The normalized spacial score (nSPS) is 18.4. The minimum atomic E-state index is 0.581. The van der Waals surface area contributed by atoms with Crippen molar-refractivity contribution in [3.63, 3.8) is 0 Å². The van der Waals surface area contributed by atoms with E-state index in [1.165, 1.54) is 19.5 Å². The summed E-state index contributed by atoms with van der Waals surface area (Å²) in [4.78, 5) is 14.5. The molecule has 1 aliphatic heterocycles. The van der Waals surface area contributed by atoms with E-state index in [1.807, 2.05) is 6.07 Å². The molecule has 1 fully saturated rings. The summed E-state index contributed by atoms with van der Waals surface area (Å²) in [6.45, 7) is 10.6. The zero-order valence-electron chi connectivity index (χ0n) is 14.9. The van der Waals surface area contributed by atoms with E-state index in [0.717, 1.165) is 54.5 Å². The van der Waals surface area contributed by atoms with E-state index in [0.29, 0.717) is 6.54 Å². The molecule has 1 atom stereocenters. The molecular formula is C19H29N5. The maximum Gasteiger partial charge on any atom is 0.140 e. The van der Waals surface area contributed by atoms with E-state index in [4.69, 9.17) is 10.7 Å². The molecule has 1 aliphatic rings. The molecule has 0 amide bonds. The van der Waals surface area contributed by atoms with Crippen molar-refractivity contribution < 1.29 is 0 Å². The Morgan fingerprint density at radius 2 is 2.08 bits per heavy atom. The highest BCUT2D eigenvalue weighted by Gasteiger charge is 2.24. The minimum absolute atomic E-state index is 0.581. The Morgan fingerprint density at radius 1 is 1.25 bits per heavy atom. The van der Waals surface area contributed by atoms with Gasteiger partial charge in [0.05, 0.1) is 5.52 Å².